The van der Waals surface area contributed by atoms with Crippen LogP contribution >= 0.6 is 47.0 Å². The van der Waals surface area contributed by atoms with E-state index in [0.29, 0.717) is 0 Å². The number of hydrogen-bond donors (Lipinski definition) is 0. The maximum Gasteiger partial charge on any atom is 0.0351 e. The molecule has 6 aromatic rings. The first kappa shape index (κ1) is 130. The van der Waals surface area contributed by atoms with Gasteiger partial charge in [0.25, 0.3) is 0 Å². The molecule has 0 saturated carbocycles. The van der Waals surface area contributed by atoms with Gasteiger partial charge in [-0.15, -0.1) is 23.5 Å². The van der Waals surface area contributed by atoms with E-state index in [1.807, 2.05) is 300 Å². The van der Waals surface area contributed by atoms with Gasteiger partial charge in [0.15, 0.2) is 0 Å². The van der Waals surface area contributed by atoms with Gasteiger partial charge in [0, 0.05) is 104 Å². The van der Waals surface area contributed by atoms with Crippen LogP contribution < -0.4 is 0 Å². The number of hydrogen-bond acceptors (Lipinski definition) is 6. The van der Waals surface area contributed by atoms with Gasteiger partial charge in [0.05, 0.1) is 0 Å². The normalized spacial score (nSPS) is 7.16. The van der Waals surface area contributed by atoms with Crippen molar-refractivity contribution >= 4 is 57.8 Å². The molecule has 0 bridgehead atoms. The summed E-state index contributed by atoms with van der Waals surface area (Å²) in [5.74, 6) is 0. The van der Waals surface area contributed by atoms with Crippen molar-refractivity contribution in [3.63, 3.8) is 0 Å². The van der Waals surface area contributed by atoms with Crippen LogP contribution in [0.25, 0.3) is 10.8 Å². The van der Waals surface area contributed by atoms with Crippen LogP contribution in [0.5, 0.6) is 0 Å². The third kappa shape index (κ3) is 85.2. The summed E-state index contributed by atoms with van der Waals surface area (Å²) < 4.78 is 8.50. The van der Waals surface area contributed by atoms with Crippen molar-refractivity contribution in [2.24, 2.45) is 0 Å². The fraction of sp³-hybridized carbons (Fsp3) is 0.564. The number of thioether (sulfide) groups is 4. The van der Waals surface area contributed by atoms with Crippen LogP contribution in [0.1, 0.15) is 222 Å². The fourth-order valence-electron chi connectivity index (χ4n) is 5.16. The topological polar surface area (TPSA) is 18.5 Å². The second kappa shape index (κ2) is 129. The Hall–Kier alpha value is -0.892. The Labute approximate surface area is 614 Å². The first-order valence-electron chi connectivity index (χ1n) is 31.6. The standard InChI is InChI=1S/C18H24S2.2C8H9.2C6H5.2C2H6O.2C2H6S.12C2H6.2Y/c1-9-10(2)15-14(6)17(19-7)13(5)11(3)16(15)18(20-8)12(9)4;2*1-7-5-3-4-6-8(7)2;2*1-2-4-6-5-3-1;4*1-3-2;12*1-2;;/h1-8H3;2*3-5H,1-2H3;2*1-5H;4*1-2H3;12*1-2H3;;/q;4*-1;;;;;;;;;;;;;;;;;;. The molecule has 0 aliphatic carbocycles. The molecule has 0 spiro atoms. The molecule has 0 saturated heterocycles. The molecule has 6 rings (SSSR count). The van der Waals surface area contributed by atoms with Gasteiger partial charge in [-0.2, -0.15) is 167 Å². The SMILES string of the molecule is CC.CC.CC.CC.CC.CC.CC.CC.CC.CC.CC.CC.COC.COC.CSC.CSC.CSc1c(C)c(C)c2c(SC)c(C)c(C)c(C)c2c1C.Cc1[c-]cccc1C.Cc1[c-]cccc1C.[Y].[Y].[c-]1ccccc1.[c-]1ccccc1. The van der Waals surface area contributed by atoms with Crippen LogP contribution in [0.4, 0.5) is 0 Å². The van der Waals surface area contributed by atoms with E-state index in [9.17, 15) is 0 Å². The number of methoxy groups -OCH3 is 2. The Balaban J connectivity index is -0.0000000420. The van der Waals surface area contributed by atoms with Crippen molar-refractivity contribution in [3.8, 4) is 0 Å². The number of benzene rings is 6. The van der Waals surface area contributed by atoms with Crippen LogP contribution in [0, 0.1) is 93.5 Å². The molecule has 0 unspecified atom stereocenters. The summed E-state index contributed by atoms with van der Waals surface area (Å²) in [6.45, 7) is 69.9. The van der Waals surface area contributed by atoms with Gasteiger partial charge in [-0.25, -0.2) is 0 Å². The summed E-state index contributed by atoms with van der Waals surface area (Å²) in [7, 11) is 6.50. The molecule has 2 radical (unpaired) electrons. The first-order valence-corrected chi connectivity index (χ1v) is 37.3. The van der Waals surface area contributed by atoms with Crippen molar-refractivity contribution in [1.29, 1.82) is 0 Å². The Kier molecular flexibility index (Phi) is 195. The van der Waals surface area contributed by atoms with Crippen LogP contribution in [0.3, 0.4) is 0 Å². The maximum atomic E-state index is 4.25. The number of ether oxygens (including phenoxy) is 2. The Bertz CT molecular complexity index is 1750. The predicted molar refractivity (Wildman–Crippen MR) is 417 cm³/mol. The molecular formula is C78H148O2S4Y2-4. The third-order valence-corrected chi connectivity index (χ3v) is 10.5. The van der Waals surface area contributed by atoms with Crippen molar-refractivity contribution < 1.29 is 74.9 Å². The second-order valence-corrected chi connectivity index (χ2v) is 16.6. The molecule has 6 aromatic carbocycles. The zero-order valence-electron chi connectivity index (χ0n) is 65.8. The van der Waals surface area contributed by atoms with E-state index in [0.717, 1.165) is 0 Å². The van der Waals surface area contributed by atoms with Crippen molar-refractivity contribution in [2.45, 2.75) is 245 Å². The largest absolute Gasteiger partial charge is 0.388 e. The van der Waals surface area contributed by atoms with Crippen LogP contribution in [-0.4, -0.2) is 66.0 Å². The molecule has 0 fully saturated rings. The van der Waals surface area contributed by atoms with Crippen molar-refractivity contribution in [3.05, 3.63) is 177 Å². The van der Waals surface area contributed by atoms with Crippen molar-refractivity contribution in [1.82, 2.24) is 0 Å². The van der Waals surface area contributed by atoms with Gasteiger partial charge in [0.2, 0.25) is 0 Å². The summed E-state index contributed by atoms with van der Waals surface area (Å²) in [6, 6.07) is 43.2. The van der Waals surface area contributed by atoms with Crippen LogP contribution in [0.2, 0.25) is 0 Å². The average molecular weight is 1420 g/mol. The molecule has 0 aromatic heterocycles. The summed E-state index contributed by atoms with van der Waals surface area (Å²) in [4.78, 5) is 2.91. The monoisotopic (exact) mass is 1420 g/mol. The van der Waals surface area contributed by atoms with E-state index < -0.39 is 0 Å². The molecule has 0 aliphatic heterocycles. The van der Waals surface area contributed by atoms with Gasteiger partial charge in [-0.1, -0.05) is 194 Å². The zero-order valence-corrected chi connectivity index (χ0v) is 74.8. The molecule has 0 aliphatic rings. The van der Waals surface area contributed by atoms with Crippen LogP contribution in [-0.2, 0) is 74.9 Å². The minimum Gasteiger partial charge on any atom is -0.388 e. The molecule has 0 atom stereocenters. The van der Waals surface area contributed by atoms with E-state index in [1.165, 1.54) is 76.2 Å². The Morgan fingerprint density at radius 1 is 0.279 bits per heavy atom. The molecular weight excluding hydrogens is 1270 g/mol. The quantitative estimate of drug-likeness (QED) is 0.126. The molecule has 506 valence electrons. The van der Waals surface area contributed by atoms with E-state index in [1.54, 1.807) is 52.0 Å². The minimum atomic E-state index is 0. The molecule has 86 heavy (non-hydrogen) atoms. The molecule has 0 N–H and O–H groups in total. The van der Waals surface area contributed by atoms with Crippen LogP contribution in [0.15, 0.2) is 107 Å². The van der Waals surface area contributed by atoms with Gasteiger partial charge in [-0.3, -0.25) is 0 Å². The Morgan fingerprint density at radius 2 is 0.500 bits per heavy atom. The van der Waals surface area contributed by atoms with Gasteiger partial charge in [-0.05, 0) is 123 Å². The van der Waals surface area contributed by atoms with E-state index in [4.69, 9.17) is 0 Å². The van der Waals surface area contributed by atoms with E-state index in [-0.39, 0.29) is 65.4 Å². The van der Waals surface area contributed by atoms with Gasteiger partial charge < -0.3 is 9.47 Å². The van der Waals surface area contributed by atoms with Gasteiger partial charge in [0.1, 0.15) is 0 Å². The molecule has 8 heteroatoms. The summed E-state index contributed by atoms with van der Waals surface area (Å²) in [5, 5.41) is 2.95. The number of rotatable bonds is 2. The van der Waals surface area contributed by atoms with Crippen molar-refractivity contribution in [2.75, 3.05) is 66.0 Å². The predicted octanol–water partition coefficient (Wildman–Crippen LogP) is 28.1. The van der Waals surface area contributed by atoms with E-state index >= 15 is 0 Å². The summed E-state index contributed by atoms with van der Waals surface area (Å²) in [5.41, 5.74) is 13.8. The van der Waals surface area contributed by atoms with E-state index in [2.05, 4.69) is 128 Å². The Morgan fingerprint density at radius 3 is 0.663 bits per heavy atom. The fourth-order valence-corrected chi connectivity index (χ4v) is 6.95. The number of fused-ring (bicyclic) bond motifs is 1. The maximum absolute atomic E-state index is 4.25. The smallest absolute Gasteiger partial charge is 0.0351 e. The minimum absolute atomic E-state index is 0. The zero-order chi connectivity index (χ0) is 70.5. The number of aryl methyl sites for hydroxylation is 7. The molecule has 0 amide bonds. The average Bonchev–Trinajstić information content (AvgIpc) is 3.57. The summed E-state index contributed by atoms with van der Waals surface area (Å²) >= 11 is 7.26. The second-order valence-electron chi connectivity index (χ2n) is 13.3. The molecule has 0 heterocycles. The first-order chi connectivity index (χ1) is 40.6. The van der Waals surface area contributed by atoms with Gasteiger partial charge >= 0.3 is 0 Å². The third-order valence-electron chi connectivity index (χ3n) is 8.60. The molecule has 2 nitrogen and oxygen atoms in total. The summed E-state index contributed by atoms with van der Waals surface area (Å²) in [6.07, 6.45) is 12.6.